The first kappa shape index (κ1) is 9.99. The van der Waals surface area contributed by atoms with Gasteiger partial charge in [-0.25, -0.2) is 14.6 Å². The van der Waals surface area contributed by atoms with Crippen LogP contribution in [-0.4, -0.2) is 26.4 Å². The summed E-state index contributed by atoms with van der Waals surface area (Å²) in [7, 11) is 0. The molecule has 0 bridgehead atoms. The minimum Gasteiger partial charge on any atom is -0.356 e. The molecule has 0 N–H and O–H groups in total. The Kier molecular flexibility index (Phi) is 2.49. The number of hydrogen-bond acceptors (Lipinski definition) is 4. The largest absolute Gasteiger partial charge is 0.356 e. The van der Waals surface area contributed by atoms with Crippen LogP contribution in [0.15, 0.2) is 12.4 Å². The Labute approximate surface area is 97.4 Å². The average Bonchev–Trinajstić information content (AvgIpc) is 2.73. The molecule has 84 valence electrons. The van der Waals surface area contributed by atoms with E-state index in [0.29, 0.717) is 0 Å². The smallest absolute Gasteiger partial charge is 0.223 e. The van der Waals surface area contributed by atoms with Crippen molar-refractivity contribution in [2.24, 2.45) is 0 Å². The SMILES string of the molecule is Clc1ncc2c(cnn2C2CCCCO2)n1. The van der Waals surface area contributed by atoms with Gasteiger partial charge < -0.3 is 4.74 Å². The Bertz CT molecular complexity index is 506. The molecule has 0 spiro atoms. The standard InChI is InChI=1S/C10H11ClN4O/c11-10-12-6-8-7(14-10)5-13-15(8)9-3-1-2-4-16-9/h5-6,9H,1-4H2. The van der Waals surface area contributed by atoms with Gasteiger partial charge in [0.05, 0.1) is 12.4 Å². The fraction of sp³-hybridized carbons (Fsp3) is 0.500. The monoisotopic (exact) mass is 238 g/mol. The predicted molar refractivity (Wildman–Crippen MR) is 59.2 cm³/mol. The highest BCUT2D eigenvalue weighted by atomic mass is 35.5. The highest BCUT2D eigenvalue weighted by Gasteiger charge is 2.18. The number of hydrogen-bond donors (Lipinski definition) is 0. The molecule has 1 fully saturated rings. The van der Waals surface area contributed by atoms with Crippen molar-refractivity contribution in [1.82, 2.24) is 19.7 Å². The molecule has 0 saturated carbocycles. The summed E-state index contributed by atoms with van der Waals surface area (Å²) in [6.45, 7) is 0.792. The normalized spacial score (nSPS) is 21.4. The molecule has 1 saturated heterocycles. The van der Waals surface area contributed by atoms with Gasteiger partial charge in [-0.2, -0.15) is 5.10 Å². The minimum absolute atomic E-state index is 0.0102. The second-order valence-corrected chi connectivity index (χ2v) is 4.16. The molecular formula is C10H11ClN4O. The molecule has 2 aromatic heterocycles. The van der Waals surface area contributed by atoms with Gasteiger partial charge in [-0.05, 0) is 30.9 Å². The molecule has 5 nitrogen and oxygen atoms in total. The van der Waals surface area contributed by atoms with E-state index in [4.69, 9.17) is 16.3 Å². The van der Waals surface area contributed by atoms with E-state index in [2.05, 4.69) is 15.1 Å². The van der Waals surface area contributed by atoms with Crippen LogP contribution in [0.4, 0.5) is 0 Å². The third-order valence-corrected chi connectivity index (χ3v) is 2.93. The maximum Gasteiger partial charge on any atom is 0.223 e. The Morgan fingerprint density at radius 3 is 3.12 bits per heavy atom. The van der Waals surface area contributed by atoms with Crippen LogP contribution in [0.3, 0.4) is 0 Å². The summed E-state index contributed by atoms with van der Waals surface area (Å²) in [5.74, 6) is 0. The van der Waals surface area contributed by atoms with E-state index in [1.165, 1.54) is 6.42 Å². The number of nitrogens with zero attached hydrogens (tertiary/aromatic N) is 4. The van der Waals surface area contributed by atoms with Gasteiger partial charge in [0.2, 0.25) is 5.28 Å². The van der Waals surface area contributed by atoms with Crippen molar-refractivity contribution in [3.05, 3.63) is 17.7 Å². The molecule has 1 aliphatic heterocycles. The lowest BCUT2D eigenvalue weighted by Crippen LogP contribution is -2.19. The van der Waals surface area contributed by atoms with Crippen molar-refractivity contribution in [2.75, 3.05) is 6.61 Å². The van der Waals surface area contributed by atoms with E-state index in [-0.39, 0.29) is 11.5 Å². The van der Waals surface area contributed by atoms with Crippen LogP contribution in [0, 0.1) is 0 Å². The average molecular weight is 239 g/mol. The fourth-order valence-corrected chi connectivity index (χ4v) is 2.10. The second-order valence-electron chi connectivity index (χ2n) is 3.82. The molecule has 0 amide bonds. The molecule has 3 rings (SSSR count). The van der Waals surface area contributed by atoms with Gasteiger partial charge >= 0.3 is 0 Å². The summed E-state index contributed by atoms with van der Waals surface area (Å²) in [6, 6.07) is 0. The maximum atomic E-state index is 5.72. The number of halogens is 1. The van der Waals surface area contributed by atoms with Gasteiger partial charge in [0.25, 0.3) is 0 Å². The zero-order chi connectivity index (χ0) is 11.0. The highest BCUT2D eigenvalue weighted by molar-refractivity contribution is 6.28. The number of ether oxygens (including phenoxy) is 1. The number of aromatic nitrogens is 4. The van der Waals surface area contributed by atoms with Crippen molar-refractivity contribution >= 4 is 22.6 Å². The molecule has 1 aliphatic rings. The third kappa shape index (κ3) is 1.66. The Morgan fingerprint density at radius 2 is 2.31 bits per heavy atom. The summed E-state index contributed by atoms with van der Waals surface area (Å²) < 4.78 is 7.51. The van der Waals surface area contributed by atoms with Gasteiger partial charge in [-0.15, -0.1) is 0 Å². The molecule has 0 aromatic carbocycles. The summed E-state index contributed by atoms with van der Waals surface area (Å²) in [6.07, 6.45) is 6.67. The molecule has 1 atom stereocenters. The van der Waals surface area contributed by atoms with Gasteiger partial charge in [-0.3, -0.25) is 0 Å². The van der Waals surface area contributed by atoms with E-state index in [0.717, 1.165) is 30.5 Å². The molecular weight excluding hydrogens is 228 g/mol. The fourth-order valence-electron chi connectivity index (χ4n) is 1.96. The Hall–Kier alpha value is -1.20. The molecule has 1 unspecified atom stereocenters. The lowest BCUT2D eigenvalue weighted by molar-refractivity contribution is -0.0367. The second kappa shape index (κ2) is 3.99. The van der Waals surface area contributed by atoms with Gasteiger partial charge in [-0.1, -0.05) is 0 Å². The van der Waals surface area contributed by atoms with Crippen molar-refractivity contribution < 1.29 is 4.74 Å². The first-order valence-electron chi connectivity index (χ1n) is 5.32. The Balaban J connectivity index is 2.03. The topological polar surface area (TPSA) is 52.8 Å². The van der Waals surface area contributed by atoms with Crippen LogP contribution in [-0.2, 0) is 4.74 Å². The summed E-state index contributed by atoms with van der Waals surface area (Å²) in [5, 5.41) is 4.54. The quantitative estimate of drug-likeness (QED) is 0.715. The number of fused-ring (bicyclic) bond motifs is 1. The van der Waals surface area contributed by atoms with Gasteiger partial charge in [0.15, 0.2) is 6.23 Å². The van der Waals surface area contributed by atoms with Crippen LogP contribution in [0.25, 0.3) is 11.0 Å². The lowest BCUT2D eigenvalue weighted by atomic mass is 10.2. The van der Waals surface area contributed by atoms with Gasteiger partial charge in [0, 0.05) is 6.61 Å². The molecule has 6 heteroatoms. The van der Waals surface area contributed by atoms with Crippen LogP contribution < -0.4 is 0 Å². The van der Waals surface area contributed by atoms with Crippen LogP contribution in [0.5, 0.6) is 0 Å². The first-order valence-corrected chi connectivity index (χ1v) is 5.70. The zero-order valence-electron chi connectivity index (χ0n) is 8.64. The molecule has 0 aliphatic carbocycles. The van der Waals surface area contributed by atoms with Gasteiger partial charge in [0.1, 0.15) is 11.0 Å². The van der Waals surface area contributed by atoms with Crippen molar-refractivity contribution in [2.45, 2.75) is 25.5 Å². The van der Waals surface area contributed by atoms with Crippen molar-refractivity contribution in [3.8, 4) is 0 Å². The van der Waals surface area contributed by atoms with E-state index in [1.54, 1.807) is 12.4 Å². The number of rotatable bonds is 1. The van der Waals surface area contributed by atoms with E-state index in [9.17, 15) is 0 Å². The molecule has 3 heterocycles. The maximum absolute atomic E-state index is 5.72. The Morgan fingerprint density at radius 1 is 1.38 bits per heavy atom. The van der Waals surface area contributed by atoms with Crippen LogP contribution in [0.2, 0.25) is 5.28 Å². The van der Waals surface area contributed by atoms with E-state index in [1.807, 2.05) is 4.68 Å². The molecule has 2 aromatic rings. The van der Waals surface area contributed by atoms with Crippen LogP contribution >= 0.6 is 11.6 Å². The third-order valence-electron chi connectivity index (χ3n) is 2.75. The van der Waals surface area contributed by atoms with Crippen molar-refractivity contribution in [1.29, 1.82) is 0 Å². The predicted octanol–water partition coefficient (Wildman–Crippen LogP) is 2.18. The first-order chi connectivity index (χ1) is 7.84. The molecule has 0 radical (unpaired) electrons. The van der Waals surface area contributed by atoms with E-state index < -0.39 is 0 Å². The summed E-state index contributed by atoms with van der Waals surface area (Å²) in [5.41, 5.74) is 1.63. The lowest BCUT2D eigenvalue weighted by Gasteiger charge is -2.23. The highest BCUT2D eigenvalue weighted by Crippen LogP contribution is 2.25. The van der Waals surface area contributed by atoms with E-state index >= 15 is 0 Å². The van der Waals surface area contributed by atoms with Crippen LogP contribution in [0.1, 0.15) is 25.5 Å². The summed E-state index contributed by atoms with van der Waals surface area (Å²) in [4.78, 5) is 8.08. The molecule has 16 heavy (non-hydrogen) atoms. The minimum atomic E-state index is 0.0102. The summed E-state index contributed by atoms with van der Waals surface area (Å²) >= 11 is 5.72. The van der Waals surface area contributed by atoms with Crippen molar-refractivity contribution in [3.63, 3.8) is 0 Å². The zero-order valence-corrected chi connectivity index (χ0v) is 9.39.